The molecule has 0 saturated heterocycles. The maximum atomic E-state index is 11.1. The maximum Gasteiger partial charge on any atom is 0.226 e. The van der Waals surface area contributed by atoms with Gasteiger partial charge in [0, 0.05) is 6.42 Å². The molecule has 0 aliphatic carbocycles. The van der Waals surface area contributed by atoms with Crippen LogP contribution in [0.5, 0.6) is 0 Å². The second-order valence-electron chi connectivity index (χ2n) is 2.75. The summed E-state index contributed by atoms with van der Waals surface area (Å²) in [4.78, 5) is 25.8. The van der Waals surface area contributed by atoms with Gasteiger partial charge in [0.1, 0.15) is 11.8 Å². The van der Waals surface area contributed by atoms with Crippen LogP contribution in [-0.2, 0) is 4.79 Å². The molecular formula is C8H9N5O. The van der Waals surface area contributed by atoms with E-state index in [2.05, 4.69) is 25.3 Å². The van der Waals surface area contributed by atoms with Crippen molar-refractivity contribution in [2.24, 2.45) is 0 Å². The van der Waals surface area contributed by atoms with E-state index in [1.807, 2.05) is 0 Å². The van der Waals surface area contributed by atoms with Crippen molar-refractivity contribution < 1.29 is 4.79 Å². The van der Waals surface area contributed by atoms with E-state index in [9.17, 15) is 4.79 Å². The minimum Gasteiger partial charge on any atom is -0.321 e. The summed E-state index contributed by atoms with van der Waals surface area (Å²) in [6.45, 7) is 1.78. The zero-order valence-corrected chi connectivity index (χ0v) is 7.61. The molecule has 0 bridgehead atoms. The predicted octanol–water partition coefficient (Wildman–Crippen LogP) is 0.701. The number of imidazole rings is 1. The van der Waals surface area contributed by atoms with Gasteiger partial charge in [0.05, 0.1) is 6.20 Å². The van der Waals surface area contributed by atoms with Crippen molar-refractivity contribution in [3.63, 3.8) is 0 Å². The normalized spacial score (nSPS) is 10.4. The van der Waals surface area contributed by atoms with Gasteiger partial charge < -0.3 is 4.98 Å². The summed E-state index contributed by atoms with van der Waals surface area (Å²) < 4.78 is 0. The summed E-state index contributed by atoms with van der Waals surface area (Å²) in [6.07, 6.45) is 3.44. The van der Waals surface area contributed by atoms with Gasteiger partial charge in [-0.05, 0) is 0 Å². The fourth-order valence-corrected chi connectivity index (χ4v) is 1.04. The number of hydrogen-bond acceptors (Lipinski definition) is 4. The van der Waals surface area contributed by atoms with Crippen LogP contribution in [0.4, 0.5) is 5.95 Å². The Morgan fingerprint density at radius 1 is 1.64 bits per heavy atom. The molecule has 2 aromatic rings. The largest absolute Gasteiger partial charge is 0.321 e. The van der Waals surface area contributed by atoms with Gasteiger partial charge in [-0.1, -0.05) is 6.92 Å². The van der Waals surface area contributed by atoms with Crippen molar-refractivity contribution in [1.82, 2.24) is 19.9 Å². The molecule has 0 spiro atoms. The van der Waals surface area contributed by atoms with Gasteiger partial charge in [-0.2, -0.15) is 4.98 Å². The fraction of sp³-hybridized carbons (Fsp3) is 0.250. The number of carbonyl (C=O) groups excluding carboxylic acids is 1. The molecule has 2 aromatic heterocycles. The van der Waals surface area contributed by atoms with Crippen molar-refractivity contribution in [2.75, 3.05) is 5.32 Å². The van der Waals surface area contributed by atoms with Crippen LogP contribution in [0.25, 0.3) is 11.2 Å². The van der Waals surface area contributed by atoms with Crippen LogP contribution in [0.1, 0.15) is 13.3 Å². The second-order valence-corrected chi connectivity index (χ2v) is 2.75. The van der Waals surface area contributed by atoms with Crippen molar-refractivity contribution in [2.45, 2.75) is 13.3 Å². The monoisotopic (exact) mass is 191 g/mol. The third kappa shape index (κ3) is 1.54. The summed E-state index contributed by atoms with van der Waals surface area (Å²) in [5, 5.41) is 2.61. The first kappa shape index (κ1) is 8.61. The molecule has 0 aliphatic rings. The molecule has 0 unspecified atom stereocenters. The zero-order chi connectivity index (χ0) is 9.97. The molecule has 0 aliphatic heterocycles. The van der Waals surface area contributed by atoms with Crippen molar-refractivity contribution in [3.8, 4) is 0 Å². The van der Waals surface area contributed by atoms with Crippen LogP contribution in [0.3, 0.4) is 0 Å². The van der Waals surface area contributed by atoms with Crippen molar-refractivity contribution in [3.05, 3.63) is 12.5 Å². The van der Waals surface area contributed by atoms with E-state index in [1.54, 1.807) is 13.1 Å². The molecule has 0 atom stereocenters. The summed E-state index contributed by atoms with van der Waals surface area (Å²) in [5.74, 6) is 0.323. The number of H-pyrrole nitrogens is 1. The smallest absolute Gasteiger partial charge is 0.226 e. The Labute approximate surface area is 79.8 Å². The Hall–Kier alpha value is -1.98. The lowest BCUT2D eigenvalue weighted by molar-refractivity contribution is -0.115. The lowest BCUT2D eigenvalue weighted by Gasteiger charge is -1.95. The van der Waals surface area contributed by atoms with Gasteiger partial charge in [0.2, 0.25) is 11.9 Å². The lowest BCUT2D eigenvalue weighted by atomic mass is 10.5. The van der Waals surface area contributed by atoms with E-state index in [0.717, 1.165) is 0 Å². The first-order valence-corrected chi connectivity index (χ1v) is 4.25. The number of hydrogen-bond donors (Lipinski definition) is 2. The van der Waals surface area contributed by atoms with E-state index < -0.39 is 0 Å². The summed E-state index contributed by atoms with van der Waals surface area (Å²) >= 11 is 0. The third-order valence-corrected chi connectivity index (χ3v) is 1.74. The molecule has 6 nitrogen and oxygen atoms in total. The third-order valence-electron chi connectivity index (χ3n) is 1.74. The highest BCUT2D eigenvalue weighted by Crippen LogP contribution is 2.09. The van der Waals surface area contributed by atoms with Gasteiger partial charge >= 0.3 is 0 Å². The number of nitrogens with one attached hydrogen (secondary N) is 2. The Kier molecular flexibility index (Phi) is 2.10. The van der Waals surface area contributed by atoms with Crippen LogP contribution < -0.4 is 5.32 Å². The Balaban J connectivity index is 2.31. The average Bonchev–Trinajstić information content (AvgIpc) is 2.59. The van der Waals surface area contributed by atoms with Crippen LogP contribution in [0.15, 0.2) is 12.5 Å². The molecule has 6 heteroatoms. The summed E-state index contributed by atoms with van der Waals surface area (Å²) in [7, 11) is 0. The topological polar surface area (TPSA) is 83.6 Å². The number of anilines is 1. The Morgan fingerprint density at radius 2 is 2.50 bits per heavy atom. The molecule has 0 fully saturated rings. The van der Waals surface area contributed by atoms with E-state index in [1.165, 1.54) is 6.33 Å². The summed E-state index contributed by atoms with van der Waals surface area (Å²) in [5.41, 5.74) is 1.25. The standard InChI is InChI=1S/C8H9N5O/c1-2-6(14)12-8-11-5-3-9-4-10-7(5)13-8/h3-4H,2H2,1H3,(H2,9,10,11,12,13,14). The quantitative estimate of drug-likeness (QED) is 0.731. The van der Waals surface area contributed by atoms with Gasteiger partial charge in [-0.25, -0.2) is 9.97 Å². The Morgan fingerprint density at radius 3 is 3.21 bits per heavy atom. The molecule has 0 radical (unpaired) electrons. The van der Waals surface area contributed by atoms with Crippen molar-refractivity contribution >= 4 is 23.0 Å². The molecule has 0 aromatic carbocycles. The molecule has 0 saturated carbocycles. The molecule has 14 heavy (non-hydrogen) atoms. The van der Waals surface area contributed by atoms with Crippen LogP contribution in [0, 0.1) is 0 Å². The van der Waals surface area contributed by atoms with Gasteiger partial charge in [-0.3, -0.25) is 10.1 Å². The minimum absolute atomic E-state index is 0.0861. The highest BCUT2D eigenvalue weighted by Gasteiger charge is 2.05. The number of aromatic nitrogens is 4. The van der Waals surface area contributed by atoms with E-state index in [4.69, 9.17) is 0 Å². The van der Waals surface area contributed by atoms with Crippen LogP contribution in [0.2, 0.25) is 0 Å². The second kappa shape index (κ2) is 3.41. The summed E-state index contributed by atoms with van der Waals surface area (Å²) in [6, 6.07) is 0. The number of carbonyl (C=O) groups is 1. The molecule has 2 N–H and O–H groups in total. The highest BCUT2D eigenvalue weighted by atomic mass is 16.1. The molecule has 2 rings (SSSR count). The van der Waals surface area contributed by atoms with Gasteiger partial charge in [-0.15, -0.1) is 0 Å². The van der Waals surface area contributed by atoms with Crippen LogP contribution >= 0.6 is 0 Å². The molecule has 2 heterocycles. The number of aromatic amines is 1. The van der Waals surface area contributed by atoms with Crippen LogP contribution in [-0.4, -0.2) is 25.8 Å². The minimum atomic E-state index is -0.0861. The number of fused-ring (bicyclic) bond motifs is 1. The van der Waals surface area contributed by atoms with E-state index in [-0.39, 0.29) is 5.91 Å². The number of rotatable bonds is 2. The van der Waals surface area contributed by atoms with Crippen molar-refractivity contribution in [1.29, 1.82) is 0 Å². The van der Waals surface area contributed by atoms with E-state index >= 15 is 0 Å². The highest BCUT2D eigenvalue weighted by molar-refractivity contribution is 5.90. The zero-order valence-electron chi connectivity index (χ0n) is 7.61. The van der Waals surface area contributed by atoms with E-state index in [0.29, 0.717) is 23.5 Å². The van der Waals surface area contributed by atoms with Gasteiger partial charge in [0.15, 0.2) is 5.65 Å². The predicted molar refractivity (Wildman–Crippen MR) is 50.6 cm³/mol. The molecule has 1 amide bonds. The first-order chi connectivity index (χ1) is 6.79. The lowest BCUT2D eigenvalue weighted by Crippen LogP contribution is -2.10. The van der Waals surface area contributed by atoms with Gasteiger partial charge in [0.25, 0.3) is 0 Å². The first-order valence-electron chi connectivity index (χ1n) is 4.25. The number of amides is 1. The fourth-order valence-electron chi connectivity index (χ4n) is 1.04. The Bertz CT molecular complexity index is 430. The molecule has 72 valence electrons. The average molecular weight is 191 g/mol. The maximum absolute atomic E-state index is 11.1. The number of nitrogens with zero attached hydrogens (tertiary/aromatic N) is 3. The SMILES string of the molecule is CCC(=O)Nc1nc2ncncc2[nH]1. The molecular weight excluding hydrogens is 182 g/mol.